The Balaban J connectivity index is 2.63. The predicted octanol–water partition coefficient (Wildman–Crippen LogP) is -0.957. The summed E-state index contributed by atoms with van der Waals surface area (Å²) in [4.78, 5) is 37.5. The van der Waals surface area contributed by atoms with Crippen molar-refractivity contribution in [1.29, 1.82) is 0 Å². The average molecular weight is 289 g/mol. The molecule has 0 aliphatic carbocycles. The molecule has 0 saturated carbocycles. The van der Waals surface area contributed by atoms with Gasteiger partial charge in [-0.3, -0.25) is 14.0 Å². The average Bonchev–Trinajstić information content (AvgIpc) is 2.15. The minimum absolute atomic E-state index is 0.0290. The number of rotatable bonds is 5. The van der Waals surface area contributed by atoms with Gasteiger partial charge >= 0.3 is 15.2 Å². The van der Waals surface area contributed by atoms with Crippen molar-refractivity contribution in [3.8, 4) is 0 Å². The largest absolute Gasteiger partial charge is 0.379 e. The van der Waals surface area contributed by atoms with Crippen molar-refractivity contribution in [3.63, 3.8) is 0 Å². The Morgan fingerprint density at radius 2 is 1.65 bits per heavy atom. The summed E-state index contributed by atoms with van der Waals surface area (Å²) in [5.74, 6) is 0. The standard InChI is InChI=1S/C7H17NO7P2/c9-16(10,11)6-7(17(12,13)14)5-8-1-3-15-4-2-8/h7H,1-6H2,(H2,9,10,11)(H2,12,13,14)/t7-/m1/s1. The van der Waals surface area contributed by atoms with Crippen LogP contribution in [0.4, 0.5) is 0 Å². The second-order valence-corrected chi connectivity index (χ2v) is 7.61. The normalized spacial score (nSPS) is 21.4. The van der Waals surface area contributed by atoms with Crippen molar-refractivity contribution in [2.75, 3.05) is 39.0 Å². The summed E-state index contributed by atoms with van der Waals surface area (Å²) in [5, 5.41) is 0. The predicted molar refractivity (Wildman–Crippen MR) is 60.0 cm³/mol. The molecule has 0 aromatic carbocycles. The SMILES string of the molecule is O=P(O)(O)C[C@@H](CN1CCOCC1)P(=O)(O)O. The molecule has 8 nitrogen and oxygen atoms in total. The van der Waals surface area contributed by atoms with E-state index in [0.717, 1.165) is 0 Å². The maximum atomic E-state index is 11.2. The van der Waals surface area contributed by atoms with Gasteiger partial charge in [0.2, 0.25) is 0 Å². The van der Waals surface area contributed by atoms with E-state index in [4.69, 9.17) is 24.3 Å². The van der Waals surface area contributed by atoms with Crippen LogP contribution in [-0.2, 0) is 13.9 Å². The zero-order chi connectivity index (χ0) is 13.1. The zero-order valence-corrected chi connectivity index (χ0v) is 11.0. The van der Waals surface area contributed by atoms with Crippen LogP contribution in [0.1, 0.15) is 0 Å². The molecule has 1 atom stereocenters. The lowest BCUT2D eigenvalue weighted by molar-refractivity contribution is 0.0375. The van der Waals surface area contributed by atoms with Gasteiger partial charge in [-0.1, -0.05) is 0 Å². The summed E-state index contributed by atoms with van der Waals surface area (Å²) < 4.78 is 27.1. The maximum Gasteiger partial charge on any atom is 0.330 e. The van der Waals surface area contributed by atoms with Gasteiger partial charge in [-0.2, -0.15) is 0 Å². The van der Waals surface area contributed by atoms with E-state index in [1.165, 1.54) is 0 Å². The highest BCUT2D eigenvalue weighted by Crippen LogP contribution is 2.49. The first-order valence-corrected chi connectivity index (χ1v) is 8.56. The number of hydrogen-bond donors (Lipinski definition) is 4. The number of ether oxygens (including phenoxy) is 1. The van der Waals surface area contributed by atoms with Crippen LogP contribution in [-0.4, -0.2) is 69.1 Å². The molecule has 0 amide bonds. The lowest BCUT2D eigenvalue weighted by Crippen LogP contribution is -2.41. The van der Waals surface area contributed by atoms with Crippen molar-refractivity contribution in [1.82, 2.24) is 4.90 Å². The topological polar surface area (TPSA) is 128 Å². The molecular formula is C7H17NO7P2. The van der Waals surface area contributed by atoms with Gasteiger partial charge in [-0.15, -0.1) is 0 Å². The van der Waals surface area contributed by atoms with Gasteiger partial charge in [0.15, 0.2) is 0 Å². The van der Waals surface area contributed by atoms with Crippen molar-refractivity contribution < 1.29 is 33.4 Å². The molecule has 0 unspecified atom stereocenters. The molecule has 1 rings (SSSR count). The molecule has 1 heterocycles. The summed E-state index contributed by atoms with van der Waals surface area (Å²) in [5.41, 5.74) is -1.33. The molecule has 102 valence electrons. The van der Waals surface area contributed by atoms with Crippen molar-refractivity contribution in [2.24, 2.45) is 0 Å². The van der Waals surface area contributed by atoms with E-state index in [2.05, 4.69) is 0 Å². The van der Waals surface area contributed by atoms with Crippen LogP contribution in [0.25, 0.3) is 0 Å². The smallest absolute Gasteiger partial charge is 0.330 e. The second kappa shape index (κ2) is 5.91. The Morgan fingerprint density at radius 3 is 2.06 bits per heavy atom. The van der Waals surface area contributed by atoms with E-state index in [9.17, 15) is 9.13 Å². The van der Waals surface area contributed by atoms with Gasteiger partial charge < -0.3 is 24.3 Å². The molecule has 1 saturated heterocycles. The van der Waals surface area contributed by atoms with Gasteiger partial charge in [0, 0.05) is 19.6 Å². The first-order chi connectivity index (χ1) is 7.68. The first-order valence-electron chi connectivity index (χ1n) is 5.08. The van der Waals surface area contributed by atoms with Crippen LogP contribution in [0, 0.1) is 0 Å². The molecule has 1 aliphatic heterocycles. The van der Waals surface area contributed by atoms with Crippen molar-refractivity contribution in [2.45, 2.75) is 5.66 Å². The Bertz CT molecular complexity index is 331. The van der Waals surface area contributed by atoms with Gasteiger partial charge in [0.05, 0.1) is 25.0 Å². The lowest BCUT2D eigenvalue weighted by atomic mass is 10.3. The Hall–Kier alpha value is 0.220. The molecule has 0 spiro atoms. The van der Waals surface area contributed by atoms with Crippen LogP contribution in [0.15, 0.2) is 0 Å². The summed E-state index contributed by atoms with van der Waals surface area (Å²) in [6.45, 7) is 1.92. The van der Waals surface area contributed by atoms with Gasteiger partial charge in [-0.05, 0) is 0 Å². The molecular weight excluding hydrogens is 272 g/mol. The first kappa shape index (κ1) is 15.3. The molecule has 0 bridgehead atoms. The lowest BCUT2D eigenvalue weighted by Gasteiger charge is -2.30. The fourth-order valence-corrected chi connectivity index (χ4v) is 4.22. The van der Waals surface area contributed by atoms with E-state index in [0.29, 0.717) is 26.3 Å². The molecule has 0 aromatic heterocycles. The molecule has 1 fully saturated rings. The fraction of sp³-hybridized carbons (Fsp3) is 1.00. The third kappa shape index (κ3) is 6.08. The number of morpholine rings is 1. The monoisotopic (exact) mass is 289 g/mol. The summed E-state index contributed by atoms with van der Waals surface area (Å²) >= 11 is 0. The molecule has 17 heavy (non-hydrogen) atoms. The highest BCUT2D eigenvalue weighted by Gasteiger charge is 2.36. The number of hydrogen-bond acceptors (Lipinski definition) is 4. The van der Waals surface area contributed by atoms with Crippen molar-refractivity contribution >= 4 is 15.2 Å². The molecule has 4 N–H and O–H groups in total. The summed E-state index contributed by atoms with van der Waals surface area (Å²) in [7, 11) is -8.95. The van der Waals surface area contributed by atoms with Gasteiger partial charge in [-0.25, -0.2) is 0 Å². The second-order valence-electron chi connectivity index (χ2n) is 4.00. The van der Waals surface area contributed by atoms with Crippen LogP contribution in [0.3, 0.4) is 0 Å². The van der Waals surface area contributed by atoms with E-state index >= 15 is 0 Å². The molecule has 10 heteroatoms. The van der Waals surface area contributed by atoms with Crippen LogP contribution < -0.4 is 0 Å². The minimum Gasteiger partial charge on any atom is -0.379 e. The molecule has 0 aromatic rings. The number of nitrogens with zero attached hydrogens (tertiary/aromatic N) is 1. The Kier molecular flexibility index (Phi) is 5.31. The fourth-order valence-electron chi connectivity index (χ4n) is 1.63. The quantitative estimate of drug-likeness (QED) is 0.477. The van der Waals surface area contributed by atoms with Crippen LogP contribution >= 0.6 is 15.2 Å². The highest BCUT2D eigenvalue weighted by atomic mass is 31.2. The third-order valence-electron chi connectivity index (χ3n) is 2.50. The van der Waals surface area contributed by atoms with Gasteiger partial charge in [0.25, 0.3) is 0 Å². The van der Waals surface area contributed by atoms with E-state index in [1.807, 2.05) is 0 Å². The highest BCUT2D eigenvalue weighted by molar-refractivity contribution is 7.56. The minimum atomic E-state index is -4.51. The third-order valence-corrected chi connectivity index (χ3v) is 5.00. The van der Waals surface area contributed by atoms with Crippen molar-refractivity contribution in [3.05, 3.63) is 0 Å². The van der Waals surface area contributed by atoms with Crippen LogP contribution in [0.2, 0.25) is 0 Å². The summed E-state index contributed by atoms with van der Waals surface area (Å²) in [6, 6.07) is 0. The maximum absolute atomic E-state index is 11.2. The Morgan fingerprint density at radius 1 is 1.12 bits per heavy atom. The molecule has 1 aliphatic rings. The van der Waals surface area contributed by atoms with E-state index in [1.54, 1.807) is 4.90 Å². The summed E-state index contributed by atoms with van der Waals surface area (Å²) in [6.07, 6.45) is -0.797. The Labute approximate surface area is 98.9 Å². The van der Waals surface area contributed by atoms with Gasteiger partial charge in [0.1, 0.15) is 0 Å². The molecule has 0 radical (unpaired) electrons. The zero-order valence-electron chi connectivity index (χ0n) is 9.18. The van der Waals surface area contributed by atoms with E-state index in [-0.39, 0.29) is 6.54 Å². The van der Waals surface area contributed by atoms with E-state index < -0.39 is 27.0 Å². The van der Waals surface area contributed by atoms with Crippen LogP contribution in [0.5, 0.6) is 0 Å².